The van der Waals surface area contributed by atoms with Crippen molar-refractivity contribution in [1.29, 1.82) is 5.26 Å². The number of rotatable bonds is 6. The van der Waals surface area contributed by atoms with Crippen LogP contribution in [0.3, 0.4) is 0 Å². The molecule has 1 fully saturated rings. The zero-order chi connectivity index (χ0) is 14.2. The molecule has 20 heavy (non-hydrogen) atoms. The molecule has 3 heteroatoms. The van der Waals surface area contributed by atoms with Gasteiger partial charge in [0.05, 0.1) is 11.6 Å². The maximum Gasteiger partial charge on any atom is 0.0991 e. The molecule has 1 aliphatic heterocycles. The molecule has 108 valence electrons. The van der Waals surface area contributed by atoms with Gasteiger partial charge in [0.2, 0.25) is 0 Å². The molecule has 0 saturated carbocycles. The van der Waals surface area contributed by atoms with E-state index in [9.17, 15) is 0 Å². The second kappa shape index (κ2) is 8.04. The predicted molar refractivity (Wildman–Crippen MR) is 82.3 cm³/mol. The van der Waals surface area contributed by atoms with Gasteiger partial charge in [0.15, 0.2) is 0 Å². The number of nitrogens with zero attached hydrogens (tertiary/aromatic N) is 2. The van der Waals surface area contributed by atoms with Gasteiger partial charge in [0.1, 0.15) is 0 Å². The number of benzene rings is 1. The van der Waals surface area contributed by atoms with Gasteiger partial charge in [-0.25, -0.2) is 0 Å². The molecular weight excluding hydrogens is 246 g/mol. The summed E-state index contributed by atoms with van der Waals surface area (Å²) in [4.78, 5) is 2.59. The number of nitrogens with one attached hydrogen (secondary N) is 1. The topological polar surface area (TPSA) is 39.1 Å². The first kappa shape index (κ1) is 15.0. The smallest absolute Gasteiger partial charge is 0.0991 e. The molecule has 1 aliphatic rings. The van der Waals surface area contributed by atoms with Crippen molar-refractivity contribution in [3.8, 4) is 6.07 Å². The Hall–Kier alpha value is -1.37. The third-order valence-corrected chi connectivity index (χ3v) is 3.92. The van der Waals surface area contributed by atoms with Crippen LogP contribution < -0.4 is 5.32 Å². The molecule has 1 heterocycles. The van der Waals surface area contributed by atoms with Crippen LogP contribution in [-0.2, 0) is 6.54 Å². The fourth-order valence-electron chi connectivity index (χ4n) is 2.81. The largest absolute Gasteiger partial charge is 0.312 e. The monoisotopic (exact) mass is 271 g/mol. The quantitative estimate of drug-likeness (QED) is 0.864. The van der Waals surface area contributed by atoms with Crippen molar-refractivity contribution in [3.05, 3.63) is 35.4 Å². The van der Waals surface area contributed by atoms with E-state index in [-0.39, 0.29) is 0 Å². The van der Waals surface area contributed by atoms with Crippen molar-refractivity contribution in [2.45, 2.75) is 32.7 Å². The highest BCUT2D eigenvalue weighted by molar-refractivity contribution is 5.31. The van der Waals surface area contributed by atoms with Gasteiger partial charge in [-0.1, -0.05) is 25.5 Å². The van der Waals surface area contributed by atoms with Crippen LogP contribution in [0.15, 0.2) is 24.3 Å². The molecule has 0 spiro atoms. The van der Waals surface area contributed by atoms with E-state index in [0.717, 1.165) is 18.7 Å². The van der Waals surface area contributed by atoms with E-state index in [1.165, 1.54) is 44.5 Å². The standard InChI is InChI=1S/C17H25N3/c1-15(14-20-9-3-2-4-10-20)12-19-13-17-7-5-16(11-18)6-8-17/h5-8,15,19H,2-4,9-10,12-14H2,1H3. The van der Waals surface area contributed by atoms with Gasteiger partial charge >= 0.3 is 0 Å². The Morgan fingerprint density at radius 2 is 1.90 bits per heavy atom. The van der Waals surface area contributed by atoms with E-state index in [1.807, 2.05) is 24.3 Å². The van der Waals surface area contributed by atoms with Crippen LogP contribution in [0.25, 0.3) is 0 Å². The van der Waals surface area contributed by atoms with E-state index >= 15 is 0 Å². The fraction of sp³-hybridized carbons (Fsp3) is 0.588. The molecule has 1 aromatic rings. The molecule has 0 aliphatic carbocycles. The lowest BCUT2D eigenvalue weighted by Gasteiger charge is -2.29. The Kier molecular flexibility index (Phi) is 6.04. The summed E-state index contributed by atoms with van der Waals surface area (Å²) in [5.74, 6) is 0.687. The lowest BCUT2D eigenvalue weighted by Crippen LogP contribution is -2.36. The van der Waals surface area contributed by atoms with Crippen LogP contribution in [0.5, 0.6) is 0 Å². The van der Waals surface area contributed by atoms with E-state index in [4.69, 9.17) is 5.26 Å². The molecule has 0 amide bonds. The molecule has 1 atom stereocenters. The highest BCUT2D eigenvalue weighted by atomic mass is 15.1. The number of hydrogen-bond acceptors (Lipinski definition) is 3. The molecule has 0 aromatic heterocycles. The average molecular weight is 271 g/mol. The molecule has 0 bridgehead atoms. The van der Waals surface area contributed by atoms with Gasteiger partial charge in [-0.2, -0.15) is 5.26 Å². The number of likely N-dealkylation sites (tertiary alicyclic amines) is 1. The minimum absolute atomic E-state index is 0.687. The lowest BCUT2D eigenvalue weighted by atomic mass is 10.1. The van der Waals surface area contributed by atoms with Crippen molar-refractivity contribution in [3.63, 3.8) is 0 Å². The number of piperidine rings is 1. The van der Waals surface area contributed by atoms with Crippen molar-refractivity contribution < 1.29 is 0 Å². The molecule has 1 unspecified atom stereocenters. The Morgan fingerprint density at radius 3 is 2.55 bits per heavy atom. The summed E-state index contributed by atoms with van der Waals surface area (Å²) >= 11 is 0. The lowest BCUT2D eigenvalue weighted by molar-refractivity contribution is 0.199. The van der Waals surface area contributed by atoms with E-state index in [2.05, 4.69) is 23.2 Å². The predicted octanol–water partition coefficient (Wildman–Crippen LogP) is 2.77. The van der Waals surface area contributed by atoms with Gasteiger partial charge in [0.25, 0.3) is 0 Å². The first-order valence-electron chi connectivity index (χ1n) is 7.70. The van der Waals surface area contributed by atoms with Gasteiger partial charge in [-0.05, 0) is 56.1 Å². The molecule has 2 rings (SSSR count). The Labute approximate surface area is 122 Å². The van der Waals surface area contributed by atoms with Crippen molar-refractivity contribution in [2.75, 3.05) is 26.2 Å². The maximum absolute atomic E-state index is 8.76. The zero-order valence-electron chi connectivity index (χ0n) is 12.4. The zero-order valence-corrected chi connectivity index (χ0v) is 12.4. The summed E-state index contributed by atoms with van der Waals surface area (Å²) in [5.41, 5.74) is 1.97. The third kappa shape index (κ3) is 4.96. The minimum Gasteiger partial charge on any atom is -0.312 e. The molecule has 1 aromatic carbocycles. The van der Waals surface area contributed by atoms with Crippen molar-refractivity contribution >= 4 is 0 Å². The fourth-order valence-corrected chi connectivity index (χ4v) is 2.81. The van der Waals surface area contributed by atoms with Gasteiger partial charge in [-0.3, -0.25) is 0 Å². The molecule has 1 saturated heterocycles. The Balaban J connectivity index is 1.65. The first-order valence-corrected chi connectivity index (χ1v) is 7.70. The number of nitriles is 1. The van der Waals surface area contributed by atoms with Crippen LogP contribution >= 0.6 is 0 Å². The van der Waals surface area contributed by atoms with E-state index in [0.29, 0.717) is 5.92 Å². The van der Waals surface area contributed by atoms with Crippen LogP contribution in [0.1, 0.15) is 37.3 Å². The molecule has 3 nitrogen and oxygen atoms in total. The van der Waals surface area contributed by atoms with Crippen LogP contribution in [-0.4, -0.2) is 31.1 Å². The molecule has 1 N–H and O–H groups in total. The first-order chi connectivity index (χ1) is 9.78. The summed E-state index contributed by atoms with van der Waals surface area (Å²) in [6.07, 6.45) is 4.14. The summed E-state index contributed by atoms with van der Waals surface area (Å²) in [5, 5.41) is 12.3. The van der Waals surface area contributed by atoms with Gasteiger partial charge in [-0.15, -0.1) is 0 Å². The molecule has 0 radical (unpaired) electrons. The highest BCUT2D eigenvalue weighted by Crippen LogP contribution is 2.10. The summed E-state index contributed by atoms with van der Waals surface area (Å²) < 4.78 is 0. The van der Waals surface area contributed by atoms with Gasteiger partial charge in [0, 0.05) is 13.1 Å². The second-order valence-corrected chi connectivity index (χ2v) is 5.91. The van der Waals surface area contributed by atoms with Crippen molar-refractivity contribution in [2.24, 2.45) is 5.92 Å². The van der Waals surface area contributed by atoms with Crippen molar-refractivity contribution in [1.82, 2.24) is 10.2 Å². The van der Waals surface area contributed by atoms with Crippen LogP contribution in [0, 0.1) is 17.2 Å². The maximum atomic E-state index is 8.76. The molecular formula is C17H25N3. The average Bonchev–Trinajstić information content (AvgIpc) is 2.49. The van der Waals surface area contributed by atoms with Crippen LogP contribution in [0.2, 0.25) is 0 Å². The van der Waals surface area contributed by atoms with Gasteiger partial charge < -0.3 is 10.2 Å². The second-order valence-electron chi connectivity index (χ2n) is 5.91. The summed E-state index contributed by atoms with van der Waals surface area (Å²) in [6, 6.07) is 9.97. The van der Waals surface area contributed by atoms with E-state index < -0.39 is 0 Å². The van der Waals surface area contributed by atoms with Crippen LogP contribution in [0.4, 0.5) is 0 Å². The minimum atomic E-state index is 0.687. The summed E-state index contributed by atoms with van der Waals surface area (Å²) in [7, 11) is 0. The third-order valence-electron chi connectivity index (χ3n) is 3.92. The Bertz CT molecular complexity index is 427. The van der Waals surface area contributed by atoms with E-state index in [1.54, 1.807) is 0 Å². The Morgan fingerprint density at radius 1 is 1.20 bits per heavy atom. The number of hydrogen-bond donors (Lipinski definition) is 1. The highest BCUT2D eigenvalue weighted by Gasteiger charge is 2.12. The summed E-state index contributed by atoms with van der Waals surface area (Å²) in [6.45, 7) is 8.02. The SMILES string of the molecule is CC(CNCc1ccc(C#N)cc1)CN1CCCCC1. The normalized spacial score (nSPS) is 17.6.